The molecule has 0 aromatic carbocycles. The fourth-order valence-corrected chi connectivity index (χ4v) is 3.11. The van der Waals surface area contributed by atoms with Crippen LogP contribution in [0.5, 0.6) is 0 Å². The molecule has 102 valence electrons. The van der Waals surface area contributed by atoms with E-state index in [0.29, 0.717) is 12.0 Å². The summed E-state index contributed by atoms with van der Waals surface area (Å²) in [6.45, 7) is 9.50. The highest BCUT2D eigenvalue weighted by molar-refractivity contribution is 4.77. The third-order valence-corrected chi connectivity index (χ3v) is 4.89. The molecule has 0 amide bonds. The van der Waals surface area contributed by atoms with Crippen LogP contribution in [-0.2, 0) is 0 Å². The summed E-state index contributed by atoms with van der Waals surface area (Å²) in [5, 5.41) is 0. The van der Waals surface area contributed by atoms with Crippen LogP contribution in [0.3, 0.4) is 0 Å². The summed E-state index contributed by atoms with van der Waals surface area (Å²) >= 11 is 0. The van der Waals surface area contributed by atoms with E-state index in [1.165, 1.54) is 44.9 Å². The van der Waals surface area contributed by atoms with Crippen LogP contribution in [0, 0.1) is 23.7 Å². The third-order valence-electron chi connectivity index (χ3n) is 4.89. The summed E-state index contributed by atoms with van der Waals surface area (Å²) in [6.07, 6.45) is 9.60. The lowest BCUT2D eigenvalue weighted by molar-refractivity contribution is 0.270. The van der Waals surface area contributed by atoms with Crippen LogP contribution in [0.25, 0.3) is 0 Å². The summed E-state index contributed by atoms with van der Waals surface area (Å²) in [5.74, 6) is 3.25. The molecule has 0 aromatic heterocycles. The first-order chi connectivity index (χ1) is 8.00. The van der Waals surface area contributed by atoms with E-state index in [9.17, 15) is 0 Å². The van der Waals surface area contributed by atoms with Gasteiger partial charge in [-0.25, -0.2) is 0 Å². The van der Waals surface area contributed by atoms with Crippen LogP contribution in [0.4, 0.5) is 0 Å². The molecule has 1 fully saturated rings. The van der Waals surface area contributed by atoms with Crippen molar-refractivity contribution in [2.24, 2.45) is 29.4 Å². The largest absolute Gasteiger partial charge is 0.327 e. The van der Waals surface area contributed by atoms with Crippen LogP contribution >= 0.6 is 0 Å². The average Bonchev–Trinajstić information content (AvgIpc) is 2.30. The van der Waals surface area contributed by atoms with E-state index in [2.05, 4.69) is 27.7 Å². The van der Waals surface area contributed by atoms with E-state index < -0.39 is 0 Å². The molecule has 0 aliphatic heterocycles. The van der Waals surface area contributed by atoms with Crippen LogP contribution in [-0.4, -0.2) is 6.04 Å². The molecular formula is C16H33N. The maximum Gasteiger partial charge on any atom is 0.00672 e. The van der Waals surface area contributed by atoms with E-state index in [4.69, 9.17) is 5.73 Å². The molecule has 0 saturated heterocycles. The van der Waals surface area contributed by atoms with Crippen molar-refractivity contribution < 1.29 is 0 Å². The van der Waals surface area contributed by atoms with Gasteiger partial charge >= 0.3 is 0 Å². The second-order valence-corrected chi connectivity index (χ2v) is 6.85. The molecule has 1 nitrogen and oxygen atoms in total. The minimum Gasteiger partial charge on any atom is -0.327 e. The van der Waals surface area contributed by atoms with Gasteiger partial charge in [0.05, 0.1) is 0 Å². The van der Waals surface area contributed by atoms with Gasteiger partial charge in [-0.3, -0.25) is 0 Å². The SMILES string of the molecule is CC1CCCCC(C(C)C)CC(N)C(C)CC1. The highest BCUT2D eigenvalue weighted by Gasteiger charge is 2.22. The van der Waals surface area contributed by atoms with Crippen LogP contribution in [0.2, 0.25) is 0 Å². The van der Waals surface area contributed by atoms with Gasteiger partial charge in [0.2, 0.25) is 0 Å². The molecule has 2 N–H and O–H groups in total. The molecule has 4 unspecified atom stereocenters. The van der Waals surface area contributed by atoms with Gasteiger partial charge in [0.1, 0.15) is 0 Å². The second kappa shape index (κ2) is 7.41. The van der Waals surface area contributed by atoms with Crippen LogP contribution in [0.1, 0.15) is 72.6 Å². The molecule has 0 heterocycles. The van der Waals surface area contributed by atoms with Crippen molar-refractivity contribution in [1.29, 1.82) is 0 Å². The van der Waals surface area contributed by atoms with Gasteiger partial charge in [-0.1, -0.05) is 59.8 Å². The lowest BCUT2D eigenvalue weighted by Gasteiger charge is -2.27. The first-order valence-corrected chi connectivity index (χ1v) is 7.76. The van der Waals surface area contributed by atoms with Gasteiger partial charge in [-0.2, -0.15) is 0 Å². The third kappa shape index (κ3) is 5.42. The number of hydrogen-bond acceptors (Lipinski definition) is 1. The van der Waals surface area contributed by atoms with Gasteiger partial charge in [0.25, 0.3) is 0 Å². The van der Waals surface area contributed by atoms with Gasteiger partial charge in [0.15, 0.2) is 0 Å². The first kappa shape index (κ1) is 15.0. The topological polar surface area (TPSA) is 26.0 Å². The molecule has 17 heavy (non-hydrogen) atoms. The smallest absolute Gasteiger partial charge is 0.00672 e. The van der Waals surface area contributed by atoms with Crippen molar-refractivity contribution >= 4 is 0 Å². The minimum absolute atomic E-state index is 0.424. The summed E-state index contributed by atoms with van der Waals surface area (Å²) in [5.41, 5.74) is 6.39. The maximum atomic E-state index is 6.39. The Morgan fingerprint density at radius 2 is 1.59 bits per heavy atom. The van der Waals surface area contributed by atoms with E-state index in [1.807, 2.05) is 0 Å². The molecule has 0 spiro atoms. The molecule has 1 aliphatic rings. The first-order valence-electron chi connectivity index (χ1n) is 7.76. The fraction of sp³-hybridized carbons (Fsp3) is 1.00. The van der Waals surface area contributed by atoms with Crippen molar-refractivity contribution in [2.45, 2.75) is 78.7 Å². The van der Waals surface area contributed by atoms with Gasteiger partial charge < -0.3 is 5.73 Å². The molecule has 1 rings (SSSR count). The Kier molecular flexibility index (Phi) is 6.54. The second-order valence-electron chi connectivity index (χ2n) is 6.85. The Balaban J connectivity index is 2.57. The Morgan fingerprint density at radius 1 is 0.941 bits per heavy atom. The number of hydrogen-bond donors (Lipinski definition) is 1. The monoisotopic (exact) mass is 239 g/mol. The zero-order chi connectivity index (χ0) is 12.8. The van der Waals surface area contributed by atoms with Crippen molar-refractivity contribution in [3.63, 3.8) is 0 Å². The lowest BCUT2D eigenvalue weighted by atomic mass is 9.82. The summed E-state index contributed by atoms with van der Waals surface area (Å²) in [4.78, 5) is 0. The molecule has 1 saturated carbocycles. The van der Waals surface area contributed by atoms with Gasteiger partial charge in [0, 0.05) is 6.04 Å². The molecular weight excluding hydrogens is 206 g/mol. The molecule has 4 atom stereocenters. The quantitative estimate of drug-likeness (QED) is 0.711. The van der Waals surface area contributed by atoms with E-state index in [1.54, 1.807) is 0 Å². The Bertz CT molecular complexity index is 200. The van der Waals surface area contributed by atoms with Crippen molar-refractivity contribution in [1.82, 2.24) is 0 Å². The highest BCUT2D eigenvalue weighted by atomic mass is 14.6. The van der Waals surface area contributed by atoms with Gasteiger partial charge in [-0.15, -0.1) is 0 Å². The van der Waals surface area contributed by atoms with Crippen LogP contribution < -0.4 is 5.73 Å². The van der Waals surface area contributed by atoms with E-state index in [0.717, 1.165) is 17.8 Å². The average molecular weight is 239 g/mol. The van der Waals surface area contributed by atoms with Crippen molar-refractivity contribution in [2.75, 3.05) is 0 Å². The maximum absolute atomic E-state index is 6.39. The number of rotatable bonds is 1. The Labute approximate surface area is 109 Å². The molecule has 0 bridgehead atoms. The van der Waals surface area contributed by atoms with E-state index >= 15 is 0 Å². The molecule has 0 radical (unpaired) electrons. The highest BCUT2D eigenvalue weighted by Crippen LogP contribution is 2.29. The Morgan fingerprint density at radius 3 is 2.24 bits per heavy atom. The van der Waals surface area contributed by atoms with Crippen molar-refractivity contribution in [3.05, 3.63) is 0 Å². The zero-order valence-corrected chi connectivity index (χ0v) is 12.4. The predicted molar refractivity (Wildman–Crippen MR) is 77.0 cm³/mol. The normalized spacial score (nSPS) is 37.8. The zero-order valence-electron chi connectivity index (χ0n) is 12.4. The minimum atomic E-state index is 0.424. The van der Waals surface area contributed by atoms with Crippen LogP contribution in [0.15, 0.2) is 0 Å². The standard InChI is InChI=1S/C16H33N/c1-12(2)15-8-6-5-7-13(3)9-10-14(4)16(17)11-15/h12-16H,5-11,17H2,1-4H3. The molecule has 0 aromatic rings. The predicted octanol–water partition coefficient (Wildman–Crippen LogP) is 4.60. The lowest BCUT2D eigenvalue weighted by Crippen LogP contribution is -2.32. The van der Waals surface area contributed by atoms with E-state index in [-0.39, 0.29) is 0 Å². The molecule has 1 aliphatic carbocycles. The fourth-order valence-electron chi connectivity index (χ4n) is 3.11. The summed E-state index contributed by atoms with van der Waals surface area (Å²) in [7, 11) is 0. The summed E-state index contributed by atoms with van der Waals surface area (Å²) in [6, 6.07) is 0.424. The van der Waals surface area contributed by atoms with Crippen molar-refractivity contribution in [3.8, 4) is 0 Å². The summed E-state index contributed by atoms with van der Waals surface area (Å²) < 4.78 is 0. The molecule has 1 heteroatoms. The number of nitrogens with two attached hydrogens (primary N) is 1. The Hall–Kier alpha value is -0.0400. The van der Waals surface area contributed by atoms with Gasteiger partial charge in [-0.05, 0) is 36.5 Å².